The van der Waals surface area contributed by atoms with Crippen molar-refractivity contribution in [3.63, 3.8) is 0 Å². The van der Waals surface area contributed by atoms with Crippen LogP contribution in [-0.2, 0) is 4.79 Å². The van der Waals surface area contributed by atoms with E-state index in [0.29, 0.717) is 0 Å². The second kappa shape index (κ2) is 8.03. The zero-order valence-electron chi connectivity index (χ0n) is 14.6. The lowest BCUT2D eigenvalue weighted by Gasteiger charge is -2.41. The summed E-state index contributed by atoms with van der Waals surface area (Å²) in [5.74, 6) is 2.82. The van der Waals surface area contributed by atoms with E-state index < -0.39 is 0 Å². The molecule has 0 radical (unpaired) electrons. The van der Waals surface area contributed by atoms with E-state index in [1.54, 1.807) is 12.4 Å². The number of nitrogens with one attached hydrogen (secondary N) is 2. The number of carbonyl (C=O) groups is 1. The van der Waals surface area contributed by atoms with Gasteiger partial charge in [0, 0.05) is 50.7 Å². The van der Waals surface area contributed by atoms with E-state index >= 15 is 0 Å². The zero-order valence-corrected chi connectivity index (χ0v) is 15.4. The first-order chi connectivity index (χ1) is 12.3. The van der Waals surface area contributed by atoms with Crippen LogP contribution >= 0.6 is 11.8 Å². The minimum atomic E-state index is -0.129. The van der Waals surface area contributed by atoms with Gasteiger partial charge in [0.2, 0.25) is 5.91 Å². The molecule has 7 heteroatoms. The van der Waals surface area contributed by atoms with Crippen LogP contribution in [0.3, 0.4) is 0 Å². The number of nitrogens with zero attached hydrogens (tertiary/aromatic N) is 3. The van der Waals surface area contributed by atoms with Crippen LogP contribution in [0.25, 0.3) is 0 Å². The van der Waals surface area contributed by atoms with Crippen LogP contribution < -0.4 is 10.9 Å². The second-order valence-electron chi connectivity index (χ2n) is 7.11. The second-order valence-corrected chi connectivity index (χ2v) is 8.34. The summed E-state index contributed by atoms with van der Waals surface area (Å²) in [4.78, 5) is 21.6. The van der Waals surface area contributed by atoms with Crippen LogP contribution in [0.5, 0.6) is 0 Å². The molecular weight excluding hydrogens is 334 g/mol. The number of aromatic nitrogens is 1. The van der Waals surface area contributed by atoms with E-state index in [2.05, 4.69) is 32.5 Å². The topological polar surface area (TPSA) is 60.5 Å². The Morgan fingerprint density at radius 2 is 1.80 bits per heavy atom. The summed E-state index contributed by atoms with van der Waals surface area (Å²) >= 11 is 2.07. The Kier molecular flexibility index (Phi) is 5.55. The molecule has 1 aromatic heterocycles. The van der Waals surface area contributed by atoms with Gasteiger partial charge in [0.25, 0.3) is 0 Å². The van der Waals surface area contributed by atoms with E-state index in [-0.39, 0.29) is 18.0 Å². The maximum atomic E-state index is 12.8. The lowest BCUT2D eigenvalue weighted by Crippen LogP contribution is -2.55. The van der Waals surface area contributed by atoms with E-state index in [9.17, 15) is 4.79 Å². The van der Waals surface area contributed by atoms with Gasteiger partial charge in [0.1, 0.15) is 6.04 Å². The summed E-state index contributed by atoms with van der Waals surface area (Å²) in [6.07, 6.45) is 7.01. The highest BCUT2D eigenvalue weighted by Gasteiger charge is 2.35. The number of thioether (sulfide) groups is 1. The maximum absolute atomic E-state index is 12.8. The quantitative estimate of drug-likeness (QED) is 0.839. The van der Waals surface area contributed by atoms with Gasteiger partial charge in [-0.05, 0) is 48.5 Å². The number of carbonyl (C=O) groups excluding carboxylic acids is 1. The molecule has 3 saturated heterocycles. The van der Waals surface area contributed by atoms with Crippen LogP contribution in [0.4, 0.5) is 0 Å². The number of hydrazine groups is 1. The molecule has 25 heavy (non-hydrogen) atoms. The van der Waals surface area contributed by atoms with Gasteiger partial charge in [-0.2, -0.15) is 11.8 Å². The molecule has 6 nitrogen and oxygen atoms in total. The molecule has 0 spiro atoms. The summed E-state index contributed by atoms with van der Waals surface area (Å²) in [7, 11) is 0. The van der Waals surface area contributed by atoms with Gasteiger partial charge in [-0.15, -0.1) is 0 Å². The molecule has 0 saturated carbocycles. The molecule has 1 aromatic rings. The average molecular weight is 362 g/mol. The fourth-order valence-corrected chi connectivity index (χ4v) is 5.19. The first kappa shape index (κ1) is 17.3. The highest BCUT2D eigenvalue weighted by Crippen LogP contribution is 2.25. The Morgan fingerprint density at radius 3 is 2.52 bits per heavy atom. The fourth-order valence-electron chi connectivity index (χ4n) is 4.11. The molecule has 4 rings (SSSR count). The van der Waals surface area contributed by atoms with E-state index in [0.717, 1.165) is 38.6 Å². The van der Waals surface area contributed by atoms with Gasteiger partial charge in [0.15, 0.2) is 0 Å². The number of amides is 1. The lowest BCUT2D eigenvalue weighted by atomic mass is 10.0. The summed E-state index contributed by atoms with van der Waals surface area (Å²) in [5.41, 5.74) is 7.64. The largest absolute Gasteiger partial charge is 0.339 e. The molecule has 1 amide bonds. The van der Waals surface area contributed by atoms with Crippen molar-refractivity contribution in [3.05, 3.63) is 30.1 Å². The lowest BCUT2D eigenvalue weighted by molar-refractivity contribution is -0.135. The van der Waals surface area contributed by atoms with Gasteiger partial charge in [-0.25, -0.2) is 10.9 Å². The molecule has 2 atom stereocenters. The Bertz CT molecular complexity index is 572. The standard InChI is InChI=1S/C18H27N5OS/c24-18(17-13-16(20-21-17)14-1-5-19-6-2-14)23-9-7-22(8-10-23)15-3-11-25-12-4-15/h1-2,5-6,15-17,20-21H,3-4,7-13H2. The van der Waals surface area contributed by atoms with Crippen molar-refractivity contribution in [1.82, 2.24) is 25.6 Å². The highest BCUT2D eigenvalue weighted by atomic mass is 32.2. The SMILES string of the molecule is O=C(C1CC(c2ccncc2)NN1)N1CCN(C2CCSCC2)CC1. The number of hydrogen-bond donors (Lipinski definition) is 2. The van der Waals surface area contributed by atoms with Crippen LogP contribution in [0.1, 0.15) is 30.9 Å². The smallest absolute Gasteiger partial charge is 0.241 e. The van der Waals surface area contributed by atoms with Gasteiger partial charge >= 0.3 is 0 Å². The van der Waals surface area contributed by atoms with Crippen molar-refractivity contribution in [2.75, 3.05) is 37.7 Å². The molecule has 2 N–H and O–H groups in total. The zero-order chi connectivity index (χ0) is 17.1. The number of rotatable bonds is 3. The Hall–Kier alpha value is -1.15. The molecule has 136 valence electrons. The molecule has 3 fully saturated rings. The molecular formula is C18H27N5OS. The Balaban J connectivity index is 1.28. The van der Waals surface area contributed by atoms with Crippen LogP contribution in [0.2, 0.25) is 0 Å². The van der Waals surface area contributed by atoms with Gasteiger partial charge in [0.05, 0.1) is 0 Å². The van der Waals surface area contributed by atoms with Crippen LogP contribution in [0.15, 0.2) is 24.5 Å². The van der Waals surface area contributed by atoms with Crippen LogP contribution in [0, 0.1) is 0 Å². The molecule has 3 aliphatic heterocycles. The number of piperazine rings is 1. The first-order valence-electron chi connectivity index (χ1n) is 9.33. The van der Waals surface area contributed by atoms with E-state index in [1.807, 2.05) is 17.0 Å². The minimum Gasteiger partial charge on any atom is -0.339 e. The summed E-state index contributed by atoms with van der Waals surface area (Å²) in [5, 5.41) is 0. The van der Waals surface area contributed by atoms with E-state index in [4.69, 9.17) is 0 Å². The Labute approximate surface area is 153 Å². The highest BCUT2D eigenvalue weighted by molar-refractivity contribution is 7.99. The Morgan fingerprint density at radius 1 is 1.08 bits per heavy atom. The molecule has 4 heterocycles. The number of pyridine rings is 1. The third-order valence-electron chi connectivity index (χ3n) is 5.64. The minimum absolute atomic E-state index is 0.129. The fraction of sp³-hybridized carbons (Fsp3) is 0.667. The van der Waals surface area contributed by atoms with Crippen molar-refractivity contribution < 1.29 is 4.79 Å². The predicted octanol–water partition coefficient (Wildman–Crippen LogP) is 1.03. The van der Waals surface area contributed by atoms with Crippen molar-refractivity contribution in [1.29, 1.82) is 0 Å². The predicted molar refractivity (Wildman–Crippen MR) is 100 cm³/mol. The van der Waals surface area contributed by atoms with Gasteiger partial charge < -0.3 is 4.90 Å². The summed E-state index contributed by atoms with van der Waals surface area (Å²) in [6, 6.07) is 4.80. The molecule has 2 unspecified atom stereocenters. The third kappa shape index (κ3) is 4.00. The molecule has 0 bridgehead atoms. The monoisotopic (exact) mass is 361 g/mol. The summed E-state index contributed by atoms with van der Waals surface area (Å²) in [6.45, 7) is 3.77. The van der Waals surface area contributed by atoms with Crippen molar-refractivity contribution in [2.45, 2.75) is 37.4 Å². The van der Waals surface area contributed by atoms with Crippen LogP contribution in [-0.4, -0.2) is 70.5 Å². The van der Waals surface area contributed by atoms with Crippen molar-refractivity contribution >= 4 is 17.7 Å². The maximum Gasteiger partial charge on any atom is 0.241 e. The normalized spacial score (nSPS) is 29.0. The summed E-state index contributed by atoms with van der Waals surface area (Å²) < 4.78 is 0. The molecule has 3 aliphatic rings. The van der Waals surface area contributed by atoms with Crippen molar-refractivity contribution in [3.8, 4) is 0 Å². The average Bonchev–Trinajstić information content (AvgIpc) is 3.19. The van der Waals surface area contributed by atoms with Gasteiger partial charge in [-0.1, -0.05) is 0 Å². The third-order valence-corrected chi connectivity index (χ3v) is 6.69. The molecule has 0 aliphatic carbocycles. The van der Waals surface area contributed by atoms with Crippen molar-refractivity contribution in [2.24, 2.45) is 0 Å². The molecule has 0 aromatic carbocycles. The number of hydrogen-bond acceptors (Lipinski definition) is 6. The van der Waals surface area contributed by atoms with Gasteiger partial charge in [-0.3, -0.25) is 14.7 Å². The van der Waals surface area contributed by atoms with E-state index in [1.165, 1.54) is 29.9 Å². The first-order valence-corrected chi connectivity index (χ1v) is 10.5.